The highest BCUT2D eigenvalue weighted by Gasteiger charge is 2.32. The zero-order chi connectivity index (χ0) is 14.8. The van der Waals surface area contributed by atoms with E-state index in [1.165, 1.54) is 5.69 Å². The lowest BCUT2D eigenvalue weighted by molar-refractivity contribution is -0.143. The largest absolute Gasteiger partial charge is 0.466 e. The number of aliphatic hydroxyl groups is 1. The predicted molar refractivity (Wildman–Crippen MR) is 77.4 cm³/mol. The van der Waals surface area contributed by atoms with Crippen molar-refractivity contribution in [2.45, 2.75) is 59.1 Å². The van der Waals surface area contributed by atoms with Crippen molar-refractivity contribution < 1.29 is 14.6 Å². The topological polar surface area (TPSA) is 51.5 Å². The Balaban J connectivity index is 1.99. The van der Waals surface area contributed by atoms with Crippen LogP contribution >= 0.6 is 0 Å². The number of hydrogen-bond donors (Lipinski definition) is 1. The molecule has 1 aliphatic rings. The minimum absolute atomic E-state index is 0.129. The van der Waals surface area contributed by atoms with E-state index in [-0.39, 0.29) is 17.5 Å². The summed E-state index contributed by atoms with van der Waals surface area (Å²) in [5.41, 5.74) is 2.40. The van der Waals surface area contributed by atoms with Crippen LogP contribution in [0.15, 0.2) is 12.3 Å². The highest BCUT2D eigenvalue weighted by atomic mass is 16.5. The van der Waals surface area contributed by atoms with Crippen LogP contribution in [0.4, 0.5) is 0 Å². The third kappa shape index (κ3) is 3.42. The quantitative estimate of drug-likeness (QED) is 0.843. The third-order valence-electron chi connectivity index (χ3n) is 3.95. The van der Waals surface area contributed by atoms with Crippen molar-refractivity contribution in [3.63, 3.8) is 0 Å². The molecule has 2 rings (SSSR count). The number of nitrogens with zero attached hydrogens (tertiary/aromatic N) is 1. The molecule has 1 N–H and O–H groups in total. The van der Waals surface area contributed by atoms with Crippen molar-refractivity contribution in [3.8, 4) is 0 Å². The Morgan fingerprint density at radius 1 is 1.55 bits per heavy atom. The van der Waals surface area contributed by atoms with E-state index in [9.17, 15) is 9.90 Å². The molecule has 0 amide bonds. The zero-order valence-electron chi connectivity index (χ0n) is 12.7. The van der Waals surface area contributed by atoms with Crippen LogP contribution in [-0.4, -0.2) is 22.2 Å². The van der Waals surface area contributed by atoms with Gasteiger partial charge in [-0.25, -0.2) is 0 Å². The number of rotatable bonds is 5. The number of carbonyl (C=O) groups is 1. The second-order valence-electron chi connectivity index (χ2n) is 6.38. The predicted octanol–water partition coefficient (Wildman–Crippen LogP) is 2.84. The van der Waals surface area contributed by atoms with Gasteiger partial charge in [-0.05, 0) is 37.7 Å². The van der Waals surface area contributed by atoms with Crippen LogP contribution in [0.5, 0.6) is 0 Å². The van der Waals surface area contributed by atoms with Gasteiger partial charge < -0.3 is 14.4 Å². The Hall–Kier alpha value is -1.29. The van der Waals surface area contributed by atoms with Crippen molar-refractivity contribution >= 4 is 5.97 Å². The third-order valence-corrected chi connectivity index (χ3v) is 3.95. The summed E-state index contributed by atoms with van der Waals surface area (Å²) in [7, 11) is 0. The highest BCUT2D eigenvalue weighted by Crippen LogP contribution is 2.41. The molecule has 0 aromatic carbocycles. The maximum Gasteiger partial charge on any atom is 0.305 e. The van der Waals surface area contributed by atoms with Crippen LogP contribution < -0.4 is 0 Å². The second-order valence-corrected chi connectivity index (χ2v) is 6.38. The van der Waals surface area contributed by atoms with Gasteiger partial charge in [0.2, 0.25) is 0 Å². The van der Waals surface area contributed by atoms with Crippen LogP contribution in [0, 0.1) is 5.41 Å². The SMILES string of the molecule is CCOC(=O)CCCn1ccc2c1CC(C)(C)CC2O. The lowest BCUT2D eigenvalue weighted by Crippen LogP contribution is -2.26. The first-order valence-corrected chi connectivity index (χ1v) is 7.44. The Labute approximate surface area is 120 Å². The maximum absolute atomic E-state index is 11.3. The molecule has 0 saturated heterocycles. The summed E-state index contributed by atoms with van der Waals surface area (Å²) in [6, 6.07) is 2.01. The van der Waals surface area contributed by atoms with Crippen LogP contribution in [0.2, 0.25) is 0 Å². The summed E-state index contributed by atoms with van der Waals surface area (Å²) in [6.07, 6.45) is 4.68. The van der Waals surface area contributed by atoms with E-state index < -0.39 is 0 Å². The van der Waals surface area contributed by atoms with Crippen molar-refractivity contribution in [3.05, 3.63) is 23.5 Å². The van der Waals surface area contributed by atoms with Gasteiger partial charge in [0.15, 0.2) is 0 Å². The summed E-state index contributed by atoms with van der Waals surface area (Å²) < 4.78 is 7.12. The van der Waals surface area contributed by atoms with E-state index in [2.05, 4.69) is 18.4 Å². The van der Waals surface area contributed by atoms with Crippen molar-refractivity contribution in [1.82, 2.24) is 4.57 Å². The molecule has 0 spiro atoms. The van der Waals surface area contributed by atoms with Gasteiger partial charge in [0.1, 0.15) is 0 Å². The van der Waals surface area contributed by atoms with Crippen LogP contribution in [0.25, 0.3) is 0 Å². The molecule has 20 heavy (non-hydrogen) atoms. The smallest absolute Gasteiger partial charge is 0.305 e. The second kappa shape index (κ2) is 6.00. The average Bonchev–Trinajstić information content (AvgIpc) is 2.71. The van der Waals surface area contributed by atoms with Gasteiger partial charge in [0.05, 0.1) is 12.7 Å². The highest BCUT2D eigenvalue weighted by molar-refractivity contribution is 5.69. The van der Waals surface area contributed by atoms with Gasteiger partial charge in [-0.15, -0.1) is 0 Å². The van der Waals surface area contributed by atoms with E-state index in [4.69, 9.17) is 4.74 Å². The minimum Gasteiger partial charge on any atom is -0.466 e. The fraction of sp³-hybridized carbons (Fsp3) is 0.688. The minimum atomic E-state index is -0.361. The molecule has 0 saturated carbocycles. The fourth-order valence-electron chi connectivity index (χ4n) is 3.02. The Morgan fingerprint density at radius 2 is 2.30 bits per heavy atom. The molecule has 1 unspecified atom stereocenters. The molecule has 0 bridgehead atoms. The Morgan fingerprint density at radius 3 is 3.00 bits per heavy atom. The molecule has 4 heteroatoms. The summed E-state index contributed by atoms with van der Waals surface area (Å²) in [5, 5.41) is 10.2. The van der Waals surface area contributed by atoms with Gasteiger partial charge in [-0.1, -0.05) is 13.8 Å². The lowest BCUT2D eigenvalue weighted by atomic mass is 9.75. The van der Waals surface area contributed by atoms with Crippen molar-refractivity contribution in [2.24, 2.45) is 5.41 Å². The van der Waals surface area contributed by atoms with E-state index in [0.717, 1.165) is 31.4 Å². The monoisotopic (exact) mass is 279 g/mol. The average molecular weight is 279 g/mol. The number of carbonyl (C=O) groups excluding carboxylic acids is 1. The standard InChI is InChI=1S/C16H25NO3/c1-4-20-15(19)6-5-8-17-9-7-12-13(17)10-16(2,3)11-14(12)18/h7,9,14,18H,4-6,8,10-11H2,1-3H3. The van der Waals surface area contributed by atoms with E-state index in [0.29, 0.717) is 13.0 Å². The van der Waals surface area contributed by atoms with Gasteiger partial charge in [-0.3, -0.25) is 4.79 Å². The number of ether oxygens (including phenoxy) is 1. The first kappa shape index (κ1) is 15.1. The Bertz CT molecular complexity index is 476. The number of aliphatic hydroxyl groups excluding tert-OH is 1. The van der Waals surface area contributed by atoms with E-state index in [1.807, 2.05) is 19.2 Å². The number of aromatic nitrogens is 1. The van der Waals surface area contributed by atoms with Crippen molar-refractivity contribution in [1.29, 1.82) is 0 Å². The van der Waals surface area contributed by atoms with Gasteiger partial charge in [0.25, 0.3) is 0 Å². The van der Waals surface area contributed by atoms with Crippen LogP contribution in [0.1, 0.15) is 57.4 Å². The van der Waals surface area contributed by atoms with Crippen LogP contribution in [-0.2, 0) is 22.5 Å². The number of esters is 1. The molecule has 0 fully saturated rings. The normalized spacial score (nSPS) is 20.5. The maximum atomic E-state index is 11.3. The molecule has 0 radical (unpaired) electrons. The van der Waals surface area contributed by atoms with E-state index in [1.54, 1.807) is 0 Å². The molecule has 1 atom stereocenters. The molecule has 1 aromatic rings. The Kier molecular flexibility index (Phi) is 4.53. The fourth-order valence-corrected chi connectivity index (χ4v) is 3.02. The summed E-state index contributed by atoms with van der Waals surface area (Å²) in [6.45, 7) is 7.45. The molecule has 0 aliphatic heterocycles. The number of fused-ring (bicyclic) bond motifs is 1. The molecular weight excluding hydrogens is 254 g/mol. The van der Waals surface area contributed by atoms with E-state index >= 15 is 0 Å². The van der Waals surface area contributed by atoms with Gasteiger partial charge in [0, 0.05) is 30.4 Å². The summed E-state index contributed by atoms with van der Waals surface area (Å²) in [5.74, 6) is -0.131. The lowest BCUT2D eigenvalue weighted by Gasteiger charge is -2.34. The zero-order valence-corrected chi connectivity index (χ0v) is 12.7. The number of aryl methyl sites for hydroxylation is 1. The molecule has 1 aliphatic carbocycles. The number of hydrogen-bond acceptors (Lipinski definition) is 3. The molecule has 1 aromatic heterocycles. The first-order valence-electron chi connectivity index (χ1n) is 7.44. The van der Waals surface area contributed by atoms with Gasteiger partial charge >= 0.3 is 5.97 Å². The van der Waals surface area contributed by atoms with Crippen molar-refractivity contribution in [2.75, 3.05) is 6.61 Å². The molecule has 1 heterocycles. The first-order chi connectivity index (χ1) is 9.43. The summed E-state index contributed by atoms with van der Waals surface area (Å²) >= 11 is 0. The molecule has 4 nitrogen and oxygen atoms in total. The van der Waals surface area contributed by atoms with Gasteiger partial charge in [-0.2, -0.15) is 0 Å². The molecule has 112 valence electrons. The summed E-state index contributed by atoms with van der Waals surface area (Å²) in [4.78, 5) is 11.3. The molecular formula is C16H25NO3. The van der Waals surface area contributed by atoms with Crippen LogP contribution in [0.3, 0.4) is 0 Å².